The van der Waals surface area contributed by atoms with Gasteiger partial charge in [-0.15, -0.1) is 0 Å². The predicted molar refractivity (Wildman–Crippen MR) is 131 cm³/mol. The zero-order chi connectivity index (χ0) is 22.2. The Balaban J connectivity index is 1.29. The number of carbonyl (C=O) groups excluding carboxylic acids is 1. The number of fused-ring (bicyclic) bond motifs is 1. The topological polar surface area (TPSA) is 81.8 Å². The molecule has 4 aromatic rings. The van der Waals surface area contributed by atoms with Gasteiger partial charge in [0.05, 0.1) is 0 Å². The smallest absolute Gasteiger partial charge is 0.296 e. The van der Waals surface area contributed by atoms with Gasteiger partial charge in [0.15, 0.2) is 5.11 Å². The lowest BCUT2D eigenvalue weighted by atomic mass is 10.2. The molecule has 0 aliphatic rings. The number of aromatic nitrogens is 2. The van der Waals surface area contributed by atoms with Crippen LogP contribution in [0.5, 0.6) is 0 Å². The van der Waals surface area contributed by atoms with Crippen LogP contribution in [0.2, 0.25) is 0 Å². The molecule has 0 aliphatic heterocycles. The molecule has 0 unspecified atom stereocenters. The van der Waals surface area contributed by atoms with Gasteiger partial charge in [-0.25, -0.2) is 4.98 Å². The van der Waals surface area contributed by atoms with E-state index in [1.807, 2.05) is 72.9 Å². The molecule has 2 aromatic carbocycles. The van der Waals surface area contributed by atoms with Crippen molar-refractivity contribution >= 4 is 40.0 Å². The summed E-state index contributed by atoms with van der Waals surface area (Å²) in [6.07, 6.45) is 3.64. The number of hydrogen-bond donors (Lipinski definition) is 4. The minimum absolute atomic E-state index is 0.321. The first-order valence-corrected chi connectivity index (χ1v) is 10.5. The zero-order valence-corrected chi connectivity index (χ0v) is 18.0. The minimum atomic E-state index is -0.321. The van der Waals surface area contributed by atoms with Crippen molar-refractivity contribution in [1.82, 2.24) is 20.6 Å². The second-order valence-corrected chi connectivity index (χ2v) is 7.43. The van der Waals surface area contributed by atoms with E-state index in [1.165, 1.54) is 0 Å². The minimum Gasteiger partial charge on any atom is -0.358 e. The third kappa shape index (κ3) is 5.72. The van der Waals surface area contributed by atoms with Crippen molar-refractivity contribution in [2.24, 2.45) is 0 Å². The third-order valence-corrected chi connectivity index (χ3v) is 4.97. The monoisotopic (exact) mass is 439 g/mol. The highest BCUT2D eigenvalue weighted by Crippen LogP contribution is 2.15. The van der Waals surface area contributed by atoms with Crippen LogP contribution in [0.15, 0.2) is 79.1 Å². The van der Waals surface area contributed by atoms with E-state index >= 15 is 0 Å². The molecule has 1 amide bonds. The summed E-state index contributed by atoms with van der Waals surface area (Å²) in [6.45, 7) is 0.957. The largest absolute Gasteiger partial charge is 0.358 e. The van der Waals surface area contributed by atoms with E-state index < -0.39 is 0 Å². The molecule has 0 saturated heterocycles. The van der Waals surface area contributed by atoms with Gasteiger partial charge < -0.3 is 20.9 Å². The average molecular weight is 440 g/mol. The molecule has 2 aromatic heterocycles. The number of thiocarbonyl (C=S) groups is 1. The van der Waals surface area contributed by atoms with E-state index in [9.17, 15) is 4.79 Å². The molecule has 0 spiro atoms. The van der Waals surface area contributed by atoms with Crippen molar-refractivity contribution in [3.63, 3.8) is 0 Å². The number of pyridine rings is 1. The molecule has 0 aliphatic carbocycles. The van der Waals surface area contributed by atoms with Crippen molar-refractivity contribution in [1.29, 1.82) is 0 Å². The summed E-state index contributed by atoms with van der Waals surface area (Å²) in [4.78, 5) is 19.4. The fraction of sp³-hybridized carbons (Fsp3) is 0.0800. The summed E-state index contributed by atoms with van der Waals surface area (Å²) >= 11 is 5.43. The second-order valence-electron chi connectivity index (χ2n) is 7.02. The number of H-pyrrole nitrogens is 1. The Morgan fingerprint density at radius 2 is 1.88 bits per heavy atom. The number of rotatable bonds is 5. The summed E-state index contributed by atoms with van der Waals surface area (Å²) in [5.74, 6) is 5.13. The molecule has 4 rings (SSSR count). The summed E-state index contributed by atoms with van der Waals surface area (Å²) in [5, 5.41) is 10.8. The molecule has 0 bridgehead atoms. The van der Waals surface area contributed by atoms with E-state index in [0.29, 0.717) is 18.2 Å². The Bertz CT molecular complexity index is 1300. The zero-order valence-electron chi connectivity index (χ0n) is 17.2. The number of anilines is 1. The van der Waals surface area contributed by atoms with Crippen LogP contribution in [0.25, 0.3) is 11.0 Å². The van der Waals surface area contributed by atoms with Gasteiger partial charge in [-0.05, 0) is 59.7 Å². The van der Waals surface area contributed by atoms with Gasteiger partial charge in [-0.1, -0.05) is 36.3 Å². The van der Waals surface area contributed by atoms with E-state index in [0.717, 1.165) is 33.4 Å². The first-order valence-electron chi connectivity index (χ1n) is 10.1. The van der Waals surface area contributed by atoms with E-state index in [2.05, 4.69) is 37.8 Å². The summed E-state index contributed by atoms with van der Waals surface area (Å²) in [7, 11) is 0. The molecule has 0 radical (unpaired) electrons. The Hall–Kier alpha value is -4.15. The molecule has 4 N–H and O–H groups in total. The second kappa shape index (κ2) is 10.2. The summed E-state index contributed by atoms with van der Waals surface area (Å²) in [6, 6.07) is 21.1. The number of carbonyl (C=O) groups is 1. The normalized spacial score (nSPS) is 10.1. The van der Waals surface area contributed by atoms with Crippen LogP contribution in [0.3, 0.4) is 0 Å². The highest BCUT2D eigenvalue weighted by Gasteiger charge is 2.05. The van der Waals surface area contributed by atoms with Gasteiger partial charge in [-0.2, -0.15) is 0 Å². The molecule has 0 saturated carbocycles. The van der Waals surface area contributed by atoms with Gasteiger partial charge >= 0.3 is 0 Å². The maximum Gasteiger partial charge on any atom is 0.296 e. The lowest BCUT2D eigenvalue weighted by Crippen LogP contribution is -2.28. The van der Waals surface area contributed by atoms with Gasteiger partial charge in [-0.3, -0.25) is 4.79 Å². The van der Waals surface area contributed by atoms with Crippen molar-refractivity contribution in [3.05, 3.63) is 95.8 Å². The van der Waals surface area contributed by atoms with Crippen LogP contribution in [0, 0.1) is 11.8 Å². The maximum atomic E-state index is 12.0. The molecule has 6 nitrogen and oxygen atoms in total. The van der Waals surface area contributed by atoms with Crippen molar-refractivity contribution in [2.45, 2.75) is 13.1 Å². The van der Waals surface area contributed by atoms with E-state index in [-0.39, 0.29) is 5.91 Å². The standard InChI is InChI=1S/C25H21N5OS/c31-23(10-9-18-5-2-1-3-6-18)28-16-19-7-4-8-21(15-19)30-25(32)29-17-20-11-13-26-24-22(20)12-14-27-24/h1-8,11-15H,16-17H2,(H,26,27)(H,28,31)(H2,29,30,32). The van der Waals surface area contributed by atoms with Crippen molar-refractivity contribution in [3.8, 4) is 11.8 Å². The van der Waals surface area contributed by atoms with E-state index in [4.69, 9.17) is 12.2 Å². The van der Waals surface area contributed by atoms with Gasteiger partial charge in [0.1, 0.15) is 5.65 Å². The highest BCUT2D eigenvalue weighted by molar-refractivity contribution is 7.80. The molecular formula is C25H21N5OS. The quantitative estimate of drug-likeness (QED) is 0.282. The predicted octanol–water partition coefficient (Wildman–Crippen LogP) is 3.72. The molecule has 0 fully saturated rings. The first kappa shape index (κ1) is 21.1. The molecule has 7 heteroatoms. The molecule has 0 atom stereocenters. The molecule has 2 heterocycles. The van der Waals surface area contributed by atoms with Crippen LogP contribution >= 0.6 is 12.2 Å². The number of aromatic amines is 1. The molecule has 32 heavy (non-hydrogen) atoms. The fourth-order valence-corrected chi connectivity index (χ4v) is 3.35. The number of amides is 1. The Morgan fingerprint density at radius 1 is 1.00 bits per heavy atom. The maximum absolute atomic E-state index is 12.0. The number of nitrogens with one attached hydrogen (secondary N) is 4. The molecule has 158 valence electrons. The SMILES string of the molecule is O=C(C#Cc1ccccc1)NCc1cccc(NC(=S)NCc2ccnc3[nH]ccc23)c1. The average Bonchev–Trinajstić information content (AvgIpc) is 3.31. The third-order valence-electron chi connectivity index (χ3n) is 4.72. The van der Waals surface area contributed by atoms with Gasteiger partial charge in [0.25, 0.3) is 5.91 Å². The highest BCUT2D eigenvalue weighted by atomic mass is 32.1. The van der Waals surface area contributed by atoms with Crippen LogP contribution < -0.4 is 16.0 Å². The van der Waals surface area contributed by atoms with Crippen molar-refractivity contribution in [2.75, 3.05) is 5.32 Å². The number of hydrogen-bond acceptors (Lipinski definition) is 3. The lowest BCUT2D eigenvalue weighted by Gasteiger charge is -2.12. The Kier molecular flexibility index (Phi) is 6.75. The van der Waals surface area contributed by atoms with Crippen LogP contribution in [0.1, 0.15) is 16.7 Å². The van der Waals surface area contributed by atoms with Gasteiger partial charge in [0, 0.05) is 48.0 Å². The first-order chi connectivity index (χ1) is 15.7. The fourth-order valence-electron chi connectivity index (χ4n) is 3.16. The summed E-state index contributed by atoms with van der Waals surface area (Å²) < 4.78 is 0. The molecular weight excluding hydrogens is 418 g/mol. The van der Waals surface area contributed by atoms with Crippen LogP contribution in [-0.2, 0) is 17.9 Å². The Labute approximate surface area is 191 Å². The van der Waals surface area contributed by atoms with Crippen molar-refractivity contribution < 1.29 is 4.79 Å². The van der Waals surface area contributed by atoms with E-state index in [1.54, 1.807) is 6.20 Å². The van der Waals surface area contributed by atoms with Gasteiger partial charge in [0.2, 0.25) is 0 Å². The number of nitrogens with zero attached hydrogens (tertiary/aromatic N) is 1. The Morgan fingerprint density at radius 3 is 2.75 bits per heavy atom. The summed E-state index contributed by atoms with van der Waals surface area (Å²) in [5.41, 5.74) is 4.54. The van der Waals surface area contributed by atoms with Crippen LogP contribution in [0.4, 0.5) is 5.69 Å². The lowest BCUT2D eigenvalue weighted by molar-refractivity contribution is -0.115. The van der Waals surface area contributed by atoms with Crippen LogP contribution in [-0.4, -0.2) is 21.0 Å². The number of benzene rings is 2.